The zero-order valence-electron chi connectivity index (χ0n) is 19.6. The maximum Gasteiger partial charge on any atom is 0.248 e. The van der Waals surface area contributed by atoms with Gasteiger partial charge in [0, 0.05) is 43.7 Å². The highest BCUT2D eigenvalue weighted by Crippen LogP contribution is 2.35. The first-order valence-electron chi connectivity index (χ1n) is 11.5. The van der Waals surface area contributed by atoms with E-state index in [9.17, 15) is 9.59 Å². The van der Waals surface area contributed by atoms with Crippen molar-refractivity contribution in [1.29, 1.82) is 0 Å². The number of amides is 2. The van der Waals surface area contributed by atoms with Gasteiger partial charge in [-0.05, 0) is 42.5 Å². The van der Waals surface area contributed by atoms with Crippen molar-refractivity contribution in [1.82, 2.24) is 4.90 Å². The van der Waals surface area contributed by atoms with Crippen LogP contribution in [-0.2, 0) is 9.59 Å². The third kappa shape index (κ3) is 5.89. The van der Waals surface area contributed by atoms with Gasteiger partial charge < -0.3 is 19.5 Å². The van der Waals surface area contributed by atoms with Gasteiger partial charge in [-0.1, -0.05) is 55.2 Å². The Morgan fingerprint density at radius 2 is 1.66 bits per heavy atom. The third-order valence-electron chi connectivity index (χ3n) is 5.81. The van der Waals surface area contributed by atoms with Crippen LogP contribution < -0.4 is 10.2 Å². The Morgan fingerprint density at radius 3 is 2.37 bits per heavy atom. The molecule has 1 aliphatic rings. The van der Waals surface area contributed by atoms with Crippen LogP contribution in [0.25, 0.3) is 17.4 Å². The van der Waals surface area contributed by atoms with E-state index >= 15 is 0 Å². The molecule has 0 saturated carbocycles. The largest absolute Gasteiger partial charge is 0.457 e. The number of nitrogens with one attached hydrogen (secondary N) is 1. The van der Waals surface area contributed by atoms with Crippen LogP contribution in [-0.4, -0.2) is 42.9 Å². The molecular weight excluding hydrogens is 485 g/mol. The summed E-state index contributed by atoms with van der Waals surface area (Å²) in [5.41, 5.74) is 2.16. The number of para-hydroxylation sites is 1. The number of carbonyl (C=O) groups is 2. The predicted molar refractivity (Wildman–Crippen MR) is 142 cm³/mol. The fourth-order valence-electron chi connectivity index (χ4n) is 4.03. The lowest BCUT2D eigenvalue weighted by Gasteiger charge is -2.38. The van der Waals surface area contributed by atoms with Crippen LogP contribution in [0.4, 0.5) is 11.4 Å². The van der Waals surface area contributed by atoms with Gasteiger partial charge in [-0.3, -0.25) is 9.59 Å². The molecule has 6 nitrogen and oxygen atoms in total. The minimum absolute atomic E-state index is 0.0292. The molecule has 8 heteroatoms. The summed E-state index contributed by atoms with van der Waals surface area (Å²) < 4.78 is 5.82. The summed E-state index contributed by atoms with van der Waals surface area (Å²) in [6.07, 6.45) is 3.02. The van der Waals surface area contributed by atoms with E-state index in [1.54, 1.807) is 30.3 Å². The van der Waals surface area contributed by atoms with Crippen LogP contribution in [0.1, 0.15) is 19.6 Å². The summed E-state index contributed by atoms with van der Waals surface area (Å²) in [5, 5.41) is 4.07. The molecule has 2 aromatic carbocycles. The SMILES string of the molecule is CC(C)C(=O)N1CCN(c2c(Cl)cccc2NC(=O)/C=C/c2ccc(-c3ccccc3Cl)o2)CC1. The normalized spacial score (nSPS) is 14.1. The van der Waals surface area contributed by atoms with Gasteiger partial charge in [0.15, 0.2) is 0 Å². The molecule has 35 heavy (non-hydrogen) atoms. The lowest BCUT2D eigenvalue weighted by molar-refractivity contribution is -0.134. The predicted octanol–water partition coefficient (Wildman–Crippen LogP) is 6.21. The van der Waals surface area contributed by atoms with Crippen molar-refractivity contribution in [2.24, 2.45) is 5.92 Å². The van der Waals surface area contributed by atoms with Crippen molar-refractivity contribution in [3.05, 3.63) is 76.5 Å². The molecule has 4 rings (SSSR count). The Labute approximate surface area is 215 Å². The Morgan fingerprint density at radius 1 is 0.943 bits per heavy atom. The molecule has 0 unspecified atom stereocenters. The van der Waals surface area contributed by atoms with Crippen LogP contribution in [0.2, 0.25) is 10.0 Å². The van der Waals surface area contributed by atoms with Crippen LogP contribution in [0.3, 0.4) is 0 Å². The number of nitrogens with zero attached hydrogens (tertiary/aromatic N) is 2. The summed E-state index contributed by atoms with van der Waals surface area (Å²) in [5.74, 6) is 0.976. The van der Waals surface area contributed by atoms with Gasteiger partial charge in [-0.2, -0.15) is 0 Å². The van der Waals surface area contributed by atoms with Gasteiger partial charge in [0.2, 0.25) is 11.8 Å². The molecule has 0 spiro atoms. The number of anilines is 2. The van der Waals surface area contributed by atoms with Crippen LogP contribution in [0, 0.1) is 5.92 Å². The minimum Gasteiger partial charge on any atom is -0.457 e. The fourth-order valence-corrected chi connectivity index (χ4v) is 4.56. The Hall–Kier alpha value is -3.22. The van der Waals surface area contributed by atoms with E-state index < -0.39 is 0 Å². The van der Waals surface area contributed by atoms with Crippen molar-refractivity contribution >= 4 is 52.5 Å². The lowest BCUT2D eigenvalue weighted by Crippen LogP contribution is -2.50. The minimum atomic E-state index is -0.308. The van der Waals surface area contributed by atoms with Crippen LogP contribution >= 0.6 is 23.2 Å². The number of hydrogen-bond acceptors (Lipinski definition) is 4. The molecular formula is C27H27Cl2N3O3. The van der Waals surface area contributed by atoms with E-state index in [2.05, 4.69) is 10.2 Å². The summed E-state index contributed by atoms with van der Waals surface area (Å²) in [4.78, 5) is 29.0. The fraction of sp³-hybridized carbons (Fsp3) is 0.259. The Bertz CT molecular complexity index is 1240. The molecule has 3 aromatic rings. The second-order valence-corrected chi connectivity index (χ2v) is 9.42. The van der Waals surface area contributed by atoms with Gasteiger partial charge in [-0.25, -0.2) is 0 Å². The van der Waals surface area contributed by atoms with E-state index in [0.717, 1.165) is 11.3 Å². The van der Waals surface area contributed by atoms with Gasteiger partial charge in [0.05, 0.1) is 21.4 Å². The molecule has 1 fully saturated rings. The number of halogens is 2. The topological polar surface area (TPSA) is 65.8 Å². The summed E-state index contributed by atoms with van der Waals surface area (Å²) >= 11 is 12.8. The van der Waals surface area contributed by atoms with E-state index in [1.165, 1.54) is 6.08 Å². The van der Waals surface area contributed by atoms with Crippen LogP contribution in [0.15, 0.2) is 65.1 Å². The van der Waals surface area contributed by atoms with Crippen molar-refractivity contribution in [3.8, 4) is 11.3 Å². The molecule has 0 aliphatic carbocycles. The first kappa shape index (κ1) is 24.9. The van der Waals surface area contributed by atoms with Crippen LogP contribution in [0.5, 0.6) is 0 Å². The second-order valence-electron chi connectivity index (χ2n) is 8.61. The number of rotatable bonds is 6. The molecule has 1 N–H and O–H groups in total. The molecule has 0 bridgehead atoms. The maximum absolute atomic E-state index is 12.7. The molecule has 2 heterocycles. The van der Waals surface area contributed by atoms with E-state index in [1.807, 2.05) is 49.1 Å². The standard InChI is InChI=1S/C27H27Cl2N3O3/c1-18(2)27(34)32-16-14-31(15-17-32)26-22(29)8-5-9-23(26)30-25(33)13-11-19-10-12-24(35-19)20-6-3-4-7-21(20)28/h3-13,18H,14-17H2,1-2H3,(H,30,33)/b13-11+. The number of hydrogen-bond donors (Lipinski definition) is 1. The smallest absolute Gasteiger partial charge is 0.248 e. The second kappa shape index (κ2) is 11.0. The van der Waals surface area contributed by atoms with Crippen molar-refractivity contribution in [3.63, 3.8) is 0 Å². The molecule has 2 amide bonds. The molecule has 182 valence electrons. The number of furan rings is 1. The molecule has 0 radical (unpaired) electrons. The quantitative estimate of drug-likeness (QED) is 0.399. The highest BCUT2D eigenvalue weighted by Gasteiger charge is 2.25. The van der Waals surface area contributed by atoms with Gasteiger partial charge in [0.1, 0.15) is 11.5 Å². The van der Waals surface area contributed by atoms with Crippen molar-refractivity contribution in [2.45, 2.75) is 13.8 Å². The monoisotopic (exact) mass is 511 g/mol. The Balaban J connectivity index is 1.43. The molecule has 1 aromatic heterocycles. The molecule has 1 aliphatic heterocycles. The van der Waals surface area contributed by atoms with Crippen molar-refractivity contribution in [2.75, 3.05) is 36.4 Å². The van der Waals surface area contributed by atoms with E-state index in [-0.39, 0.29) is 17.7 Å². The third-order valence-corrected chi connectivity index (χ3v) is 6.45. The zero-order valence-corrected chi connectivity index (χ0v) is 21.1. The summed E-state index contributed by atoms with van der Waals surface area (Å²) in [7, 11) is 0. The maximum atomic E-state index is 12.7. The highest BCUT2D eigenvalue weighted by molar-refractivity contribution is 6.34. The lowest BCUT2D eigenvalue weighted by atomic mass is 10.1. The van der Waals surface area contributed by atoms with Crippen molar-refractivity contribution < 1.29 is 14.0 Å². The number of piperazine rings is 1. The van der Waals surface area contributed by atoms with E-state index in [0.29, 0.717) is 53.4 Å². The van der Waals surface area contributed by atoms with Gasteiger partial charge in [-0.15, -0.1) is 0 Å². The molecule has 1 saturated heterocycles. The summed E-state index contributed by atoms with van der Waals surface area (Å²) in [6, 6.07) is 16.4. The zero-order chi connectivity index (χ0) is 24.9. The van der Waals surface area contributed by atoms with Gasteiger partial charge >= 0.3 is 0 Å². The summed E-state index contributed by atoms with van der Waals surface area (Å²) in [6.45, 7) is 6.31. The number of carbonyl (C=O) groups excluding carboxylic acids is 2. The molecule has 0 atom stereocenters. The number of benzene rings is 2. The van der Waals surface area contributed by atoms with Gasteiger partial charge in [0.25, 0.3) is 0 Å². The first-order valence-corrected chi connectivity index (χ1v) is 12.2. The average Bonchev–Trinajstić information content (AvgIpc) is 3.32. The highest BCUT2D eigenvalue weighted by atomic mass is 35.5. The first-order chi connectivity index (χ1) is 16.8. The average molecular weight is 512 g/mol. The van der Waals surface area contributed by atoms with E-state index in [4.69, 9.17) is 27.6 Å². The Kier molecular flexibility index (Phi) is 7.83.